The summed E-state index contributed by atoms with van der Waals surface area (Å²) in [6.45, 7) is 5.88. The van der Waals surface area contributed by atoms with E-state index in [9.17, 15) is 9.59 Å². The van der Waals surface area contributed by atoms with Gasteiger partial charge in [-0.3, -0.25) is 9.59 Å². The first-order chi connectivity index (χ1) is 8.99. The zero-order valence-corrected chi connectivity index (χ0v) is 11.9. The SMILES string of the molecule is CC(C)C[C@H](NC[C@H]1CCCN1)C(=O)NCC(N)=O. The molecule has 1 aliphatic rings. The molecule has 19 heavy (non-hydrogen) atoms. The summed E-state index contributed by atoms with van der Waals surface area (Å²) in [4.78, 5) is 22.7. The van der Waals surface area contributed by atoms with Crippen LogP contribution in [0, 0.1) is 5.92 Å². The van der Waals surface area contributed by atoms with E-state index in [4.69, 9.17) is 5.73 Å². The molecule has 0 aromatic rings. The molecule has 1 rings (SSSR count). The molecule has 0 radical (unpaired) electrons. The molecular formula is C13H26N4O2. The van der Waals surface area contributed by atoms with Crippen LogP contribution in [0.3, 0.4) is 0 Å². The fourth-order valence-electron chi connectivity index (χ4n) is 2.27. The van der Waals surface area contributed by atoms with Gasteiger partial charge in [0.1, 0.15) is 0 Å². The lowest BCUT2D eigenvalue weighted by Crippen LogP contribution is -2.49. The molecule has 1 aliphatic heterocycles. The van der Waals surface area contributed by atoms with Crippen molar-refractivity contribution in [2.24, 2.45) is 11.7 Å². The summed E-state index contributed by atoms with van der Waals surface area (Å²) in [5.41, 5.74) is 5.03. The summed E-state index contributed by atoms with van der Waals surface area (Å²) >= 11 is 0. The van der Waals surface area contributed by atoms with Gasteiger partial charge in [0.25, 0.3) is 0 Å². The second-order valence-electron chi connectivity index (χ2n) is 5.57. The molecule has 0 saturated carbocycles. The molecule has 2 amide bonds. The Balaban J connectivity index is 2.40. The van der Waals surface area contributed by atoms with Gasteiger partial charge in [0.15, 0.2) is 0 Å². The highest BCUT2D eigenvalue weighted by molar-refractivity contribution is 5.86. The number of amides is 2. The van der Waals surface area contributed by atoms with Crippen LogP contribution in [0.15, 0.2) is 0 Å². The maximum atomic E-state index is 12.0. The lowest BCUT2D eigenvalue weighted by molar-refractivity contribution is -0.126. The first kappa shape index (κ1) is 15.9. The third-order valence-corrected chi connectivity index (χ3v) is 3.23. The van der Waals surface area contributed by atoms with Gasteiger partial charge in [-0.25, -0.2) is 0 Å². The topological polar surface area (TPSA) is 96.2 Å². The van der Waals surface area contributed by atoms with Gasteiger partial charge in [0, 0.05) is 12.6 Å². The lowest BCUT2D eigenvalue weighted by atomic mass is 10.0. The van der Waals surface area contributed by atoms with Crippen LogP contribution in [-0.4, -0.2) is 43.5 Å². The lowest BCUT2D eigenvalue weighted by Gasteiger charge is -2.22. The molecule has 6 nitrogen and oxygen atoms in total. The average Bonchev–Trinajstić information content (AvgIpc) is 2.84. The fraction of sp³-hybridized carbons (Fsp3) is 0.846. The van der Waals surface area contributed by atoms with Crippen LogP contribution >= 0.6 is 0 Å². The van der Waals surface area contributed by atoms with E-state index >= 15 is 0 Å². The minimum Gasteiger partial charge on any atom is -0.368 e. The van der Waals surface area contributed by atoms with Crippen molar-refractivity contribution in [1.29, 1.82) is 0 Å². The van der Waals surface area contributed by atoms with Gasteiger partial charge in [-0.1, -0.05) is 13.8 Å². The van der Waals surface area contributed by atoms with Crippen molar-refractivity contribution in [3.05, 3.63) is 0 Å². The predicted molar refractivity (Wildman–Crippen MR) is 74.5 cm³/mol. The van der Waals surface area contributed by atoms with E-state index in [0.29, 0.717) is 12.0 Å². The molecule has 0 aromatic heterocycles. The van der Waals surface area contributed by atoms with Gasteiger partial charge in [-0.15, -0.1) is 0 Å². The first-order valence-corrected chi connectivity index (χ1v) is 7.01. The van der Waals surface area contributed by atoms with Crippen molar-refractivity contribution in [3.63, 3.8) is 0 Å². The zero-order chi connectivity index (χ0) is 14.3. The molecule has 6 heteroatoms. The highest BCUT2D eigenvalue weighted by Crippen LogP contribution is 2.07. The quantitative estimate of drug-likeness (QED) is 0.471. The van der Waals surface area contributed by atoms with E-state index in [1.165, 1.54) is 6.42 Å². The number of hydrogen-bond acceptors (Lipinski definition) is 4. The summed E-state index contributed by atoms with van der Waals surface area (Å²) in [5.74, 6) is -0.257. The summed E-state index contributed by atoms with van der Waals surface area (Å²) < 4.78 is 0. The maximum absolute atomic E-state index is 12.0. The van der Waals surface area contributed by atoms with Crippen molar-refractivity contribution >= 4 is 11.8 Å². The minimum absolute atomic E-state index is 0.100. The monoisotopic (exact) mass is 270 g/mol. The first-order valence-electron chi connectivity index (χ1n) is 7.01. The predicted octanol–water partition coefficient (Wildman–Crippen LogP) is -0.656. The van der Waals surface area contributed by atoms with Crippen LogP contribution in [-0.2, 0) is 9.59 Å². The van der Waals surface area contributed by atoms with E-state index in [2.05, 4.69) is 29.8 Å². The Morgan fingerprint density at radius 3 is 2.68 bits per heavy atom. The molecule has 1 heterocycles. The van der Waals surface area contributed by atoms with Gasteiger partial charge >= 0.3 is 0 Å². The summed E-state index contributed by atoms with van der Waals surface area (Å²) in [6, 6.07) is 0.181. The number of carbonyl (C=O) groups is 2. The third-order valence-electron chi connectivity index (χ3n) is 3.23. The second-order valence-corrected chi connectivity index (χ2v) is 5.57. The molecular weight excluding hydrogens is 244 g/mol. The molecule has 2 atom stereocenters. The normalized spacial score (nSPS) is 20.5. The third kappa shape index (κ3) is 6.54. The molecule has 110 valence electrons. The molecule has 5 N–H and O–H groups in total. The van der Waals surface area contributed by atoms with Crippen LogP contribution in [0.25, 0.3) is 0 Å². The minimum atomic E-state index is -0.519. The van der Waals surface area contributed by atoms with Crippen molar-refractivity contribution in [1.82, 2.24) is 16.0 Å². The van der Waals surface area contributed by atoms with Gasteiger partial charge in [-0.05, 0) is 31.7 Å². The fourth-order valence-corrected chi connectivity index (χ4v) is 2.27. The van der Waals surface area contributed by atoms with Crippen LogP contribution in [0.1, 0.15) is 33.1 Å². The van der Waals surface area contributed by atoms with Crippen molar-refractivity contribution in [2.75, 3.05) is 19.6 Å². The summed E-state index contributed by atoms with van der Waals surface area (Å²) in [7, 11) is 0. The standard InChI is InChI=1S/C13H26N4O2/c1-9(2)6-11(13(19)17-8-12(14)18)16-7-10-4-3-5-15-10/h9-11,15-16H,3-8H2,1-2H3,(H2,14,18)(H,17,19)/t10-,11+/m1/s1. The van der Waals surface area contributed by atoms with Crippen LogP contribution in [0.5, 0.6) is 0 Å². The molecule has 0 bridgehead atoms. The summed E-state index contributed by atoms with van der Waals surface area (Å²) in [6.07, 6.45) is 3.08. The molecule has 0 spiro atoms. The molecule has 0 aromatic carbocycles. The van der Waals surface area contributed by atoms with E-state index in [1.807, 2.05) is 0 Å². The largest absolute Gasteiger partial charge is 0.368 e. The Morgan fingerprint density at radius 1 is 1.42 bits per heavy atom. The maximum Gasteiger partial charge on any atom is 0.237 e. The van der Waals surface area contributed by atoms with Crippen LogP contribution in [0.2, 0.25) is 0 Å². The Labute approximate surface area is 114 Å². The number of nitrogens with one attached hydrogen (secondary N) is 3. The Kier molecular flexibility index (Phi) is 6.80. The van der Waals surface area contributed by atoms with Crippen LogP contribution in [0.4, 0.5) is 0 Å². The van der Waals surface area contributed by atoms with Crippen LogP contribution < -0.4 is 21.7 Å². The molecule has 1 fully saturated rings. The average molecular weight is 270 g/mol. The number of nitrogens with two attached hydrogens (primary N) is 1. The number of hydrogen-bond donors (Lipinski definition) is 4. The van der Waals surface area contributed by atoms with Gasteiger partial charge in [0.05, 0.1) is 12.6 Å². The van der Waals surface area contributed by atoms with Crippen molar-refractivity contribution < 1.29 is 9.59 Å². The molecule has 0 unspecified atom stereocenters. The number of primary amides is 1. The Morgan fingerprint density at radius 2 is 2.16 bits per heavy atom. The van der Waals surface area contributed by atoms with Gasteiger partial charge < -0.3 is 21.7 Å². The number of rotatable bonds is 8. The highest BCUT2D eigenvalue weighted by Gasteiger charge is 2.22. The van der Waals surface area contributed by atoms with Crippen molar-refractivity contribution in [2.45, 2.75) is 45.2 Å². The Bertz CT molecular complexity index is 301. The van der Waals surface area contributed by atoms with E-state index in [0.717, 1.165) is 25.9 Å². The molecule has 1 saturated heterocycles. The zero-order valence-electron chi connectivity index (χ0n) is 11.9. The van der Waals surface area contributed by atoms with Crippen molar-refractivity contribution in [3.8, 4) is 0 Å². The van der Waals surface area contributed by atoms with Gasteiger partial charge in [0.2, 0.25) is 11.8 Å². The van der Waals surface area contributed by atoms with Gasteiger partial charge in [-0.2, -0.15) is 0 Å². The smallest absolute Gasteiger partial charge is 0.237 e. The second kappa shape index (κ2) is 8.12. The van der Waals surface area contributed by atoms with E-state index in [1.54, 1.807) is 0 Å². The molecule has 0 aliphatic carbocycles. The number of carbonyl (C=O) groups excluding carboxylic acids is 2. The van der Waals surface area contributed by atoms with E-state index in [-0.39, 0.29) is 18.5 Å². The Hall–Kier alpha value is -1.14. The highest BCUT2D eigenvalue weighted by atomic mass is 16.2. The summed E-state index contributed by atoms with van der Waals surface area (Å²) in [5, 5.41) is 9.24. The van der Waals surface area contributed by atoms with E-state index < -0.39 is 5.91 Å².